The number of amides is 2. The smallest absolute Gasteiger partial charge is 0.322 e. The Morgan fingerprint density at radius 1 is 1.47 bits per heavy atom. The lowest BCUT2D eigenvalue weighted by Crippen LogP contribution is -2.48. The van der Waals surface area contributed by atoms with E-state index in [2.05, 4.69) is 5.32 Å². The summed E-state index contributed by atoms with van der Waals surface area (Å²) in [5.41, 5.74) is 0. The van der Waals surface area contributed by atoms with Crippen LogP contribution in [0.4, 0.5) is 0 Å². The summed E-state index contributed by atoms with van der Waals surface area (Å²) < 4.78 is 4.73. The molecule has 2 atom stereocenters. The van der Waals surface area contributed by atoms with Gasteiger partial charge in [0.25, 0.3) is 0 Å². The number of hydrogen-bond acceptors (Lipinski definition) is 5. The maximum atomic E-state index is 12.0. The van der Waals surface area contributed by atoms with E-state index in [0.717, 1.165) is 0 Å². The number of rotatable bonds is 6. The number of likely N-dealkylation sites (tertiary alicyclic amines) is 1. The molecule has 0 spiro atoms. The van der Waals surface area contributed by atoms with Crippen LogP contribution in [0, 0.1) is 5.92 Å². The van der Waals surface area contributed by atoms with Crippen LogP contribution in [-0.2, 0) is 19.1 Å². The highest BCUT2D eigenvalue weighted by Gasteiger charge is 2.39. The van der Waals surface area contributed by atoms with E-state index in [1.54, 1.807) is 6.92 Å². The number of carbonyl (C=O) groups excluding carboxylic acids is 3. The lowest BCUT2D eigenvalue weighted by atomic mass is 10.0. The van der Waals surface area contributed by atoms with Crippen molar-refractivity contribution < 1.29 is 19.1 Å². The first-order chi connectivity index (χ1) is 8.90. The van der Waals surface area contributed by atoms with Crippen LogP contribution in [0.3, 0.4) is 0 Å². The zero-order chi connectivity index (χ0) is 14.6. The molecule has 6 heteroatoms. The van der Waals surface area contributed by atoms with Crippen molar-refractivity contribution in [1.29, 1.82) is 0 Å². The van der Waals surface area contributed by atoms with E-state index < -0.39 is 18.1 Å². The van der Waals surface area contributed by atoms with Crippen LogP contribution in [-0.4, -0.2) is 48.4 Å². The van der Waals surface area contributed by atoms with Crippen molar-refractivity contribution in [3.8, 4) is 0 Å². The molecule has 1 fully saturated rings. The number of nitrogens with zero attached hydrogens (tertiary/aromatic N) is 1. The number of ether oxygens (including phenoxy) is 1. The van der Waals surface area contributed by atoms with Crippen molar-refractivity contribution in [1.82, 2.24) is 10.2 Å². The lowest BCUT2D eigenvalue weighted by molar-refractivity contribution is -0.144. The Balaban J connectivity index is 2.72. The number of methoxy groups -OCH3 is 1. The molecule has 2 unspecified atom stereocenters. The standard InChI is InChI=1S/C13H22N2O4/c1-5-15-11(16)7-9(12(15)17)14-10(6-8(2)3)13(18)19-4/h8-10,14H,5-7H2,1-4H3. The zero-order valence-corrected chi connectivity index (χ0v) is 11.9. The highest BCUT2D eigenvalue weighted by atomic mass is 16.5. The normalized spacial score (nSPS) is 21.1. The molecule has 0 aromatic rings. The number of nitrogens with one attached hydrogen (secondary N) is 1. The maximum absolute atomic E-state index is 12.0. The van der Waals surface area contributed by atoms with Gasteiger partial charge >= 0.3 is 5.97 Å². The van der Waals surface area contributed by atoms with Gasteiger partial charge in [0.05, 0.1) is 19.6 Å². The van der Waals surface area contributed by atoms with Gasteiger partial charge in [0.1, 0.15) is 6.04 Å². The first-order valence-corrected chi connectivity index (χ1v) is 6.58. The zero-order valence-electron chi connectivity index (χ0n) is 11.9. The van der Waals surface area contributed by atoms with Crippen LogP contribution in [0.15, 0.2) is 0 Å². The van der Waals surface area contributed by atoms with Crippen LogP contribution in [0.25, 0.3) is 0 Å². The molecule has 1 saturated heterocycles. The average molecular weight is 270 g/mol. The average Bonchev–Trinajstić information content (AvgIpc) is 2.61. The van der Waals surface area contributed by atoms with Crippen molar-refractivity contribution in [3.63, 3.8) is 0 Å². The van der Waals surface area contributed by atoms with Gasteiger partial charge in [-0.2, -0.15) is 0 Å². The third-order valence-corrected chi connectivity index (χ3v) is 3.16. The first kappa shape index (κ1) is 15.6. The van der Waals surface area contributed by atoms with Crippen molar-refractivity contribution in [3.05, 3.63) is 0 Å². The van der Waals surface area contributed by atoms with E-state index in [1.807, 2.05) is 13.8 Å². The third-order valence-electron chi connectivity index (χ3n) is 3.16. The van der Waals surface area contributed by atoms with E-state index in [-0.39, 0.29) is 24.2 Å². The molecule has 0 aromatic carbocycles. The van der Waals surface area contributed by atoms with Crippen LogP contribution in [0.1, 0.15) is 33.6 Å². The molecule has 19 heavy (non-hydrogen) atoms. The Labute approximate surface area is 113 Å². The lowest BCUT2D eigenvalue weighted by Gasteiger charge is -2.21. The van der Waals surface area contributed by atoms with Crippen molar-refractivity contribution in [2.45, 2.75) is 45.7 Å². The minimum atomic E-state index is -0.615. The minimum absolute atomic E-state index is 0.109. The fraction of sp³-hybridized carbons (Fsp3) is 0.769. The molecule has 0 aliphatic carbocycles. The fourth-order valence-corrected chi connectivity index (χ4v) is 2.23. The Hall–Kier alpha value is -1.43. The van der Waals surface area contributed by atoms with Gasteiger partial charge in [0.2, 0.25) is 11.8 Å². The number of hydrogen-bond donors (Lipinski definition) is 1. The molecule has 1 rings (SSSR count). The SMILES string of the molecule is CCN1C(=O)CC(NC(CC(C)C)C(=O)OC)C1=O. The van der Waals surface area contributed by atoms with Crippen LogP contribution in [0.2, 0.25) is 0 Å². The molecule has 1 aliphatic heterocycles. The maximum Gasteiger partial charge on any atom is 0.322 e. The van der Waals surface area contributed by atoms with Crippen LogP contribution < -0.4 is 5.32 Å². The highest BCUT2D eigenvalue weighted by molar-refractivity contribution is 6.05. The summed E-state index contributed by atoms with van der Waals surface area (Å²) in [7, 11) is 1.32. The molecule has 0 saturated carbocycles. The van der Waals surface area contributed by atoms with Gasteiger partial charge in [-0.25, -0.2) is 0 Å². The second-order valence-electron chi connectivity index (χ2n) is 5.10. The van der Waals surface area contributed by atoms with Crippen molar-refractivity contribution >= 4 is 17.8 Å². The van der Waals surface area contributed by atoms with E-state index in [9.17, 15) is 14.4 Å². The summed E-state index contributed by atoms with van der Waals surface area (Å²) in [6.45, 7) is 6.09. The molecular formula is C13H22N2O4. The Bertz CT molecular complexity index is 368. The second-order valence-corrected chi connectivity index (χ2v) is 5.10. The topological polar surface area (TPSA) is 75.7 Å². The second kappa shape index (κ2) is 6.65. The molecule has 6 nitrogen and oxygen atoms in total. The summed E-state index contributed by atoms with van der Waals surface area (Å²) in [5.74, 6) is -0.571. The number of likely N-dealkylation sites (N-methyl/N-ethyl adjacent to an activating group) is 1. The summed E-state index contributed by atoms with van der Waals surface area (Å²) >= 11 is 0. The number of imide groups is 1. The summed E-state index contributed by atoms with van der Waals surface area (Å²) in [5, 5.41) is 2.96. The molecule has 1 N–H and O–H groups in total. The molecular weight excluding hydrogens is 248 g/mol. The monoisotopic (exact) mass is 270 g/mol. The quantitative estimate of drug-likeness (QED) is 0.555. The van der Waals surface area contributed by atoms with Gasteiger partial charge in [-0.1, -0.05) is 13.8 Å². The number of carbonyl (C=O) groups is 3. The summed E-state index contributed by atoms with van der Waals surface area (Å²) in [6, 6.07) is -1.17. The van der Waals surface area contributed by atoms with E-state index in [4.69, 9.17) is 4.74 Å². The molecule has 1 aliphatic rings. The van der Waals surface area contributed by atoms with Crippen molar-refractivity contribution in [2.24, 2.45) is 5.92 Å². The van der Waals surface area contributed by atoms with Gasteiger partial charge in [0.15, 0.2) is 0 Å². The van der Waals surface area contributed by atoms with Crippen molar-refractivity contribution in [2.75, 3.05) is 13.7 Å². The van der Waals surface area contributed by atoms with Crippen LogP contribution in [0.5, 0.6) is 0 Å². The van der Waals surface area contributed by atoms with Gasteiger partial charge in [-0.15, -0.1) is 0 Å². The molecule has 0 radical (unpaired) electrons. The fourth-order valence-electron chi connectivity index (χ4n) is 2.23. The summed E-state index contributed by atoms with van der Waals surface area (Å²) in [4.78, 5) is 36.5. The van der Waals surface area contributed by atoms with Crippen LogP contribution >= 0.6 is 0 Å². The molecule has 0 aromatic heterocycles. The van der Waals surface area contributed by atoms with Gasteiger partial charge in [-0.05, 0) is 19.3 Å². The Morgan fingerprint density at radius 2 is 2.11 bits per heavy atom. The van der Waals surface area contributed by atoms with E-state index in [1.165, 1.54) is 12.0 Å². The van der Waals surface area contributed by atoms with Gasteiger partial charge in [0, 0.05) is 6.54 Å². The van der Waals surface area contributed by atoms with E-state index in [0.29, 0.717) is 13.0 Å². The minimum Gasteiger partial charge on any atom is -0.468 e. The largest absolute Gasteiger partial charge is 0.468 e. The highest BCUT2D eigenvalue weighted by Crippen LogP contribution is 2.15. The number of esters is 1. The molecule has 1 heterocycles. The predicted molar refractivity (Wildman–Crippen MR) is 69.2 cm³/mol. The van der Waals surface area contributed by atoms with Gasteiger partial charge in [-0.3, -0.25) is 24.6 Å². The van der Waals surface area contributed by atoms with E-state index >= 15 is 0 Å². The first-order valence-electron chi connectivity index (χ1n) is 6.58. The Morgan fingerprint density at radius 3 is 2.53 bits per heavy atom. The molecule has 108 valence electrons. The Kier molecular flexibility index (Phi) is 5.47. The van der Waals surface area contributed by atoms with Gasteiger partial charge < -0.3 is 4.74 Å². The summed E-state index contributed by atoms with van der Waals surface area (Å²) in [6.07, 6.45) is 0.676. The molecule has 2 amide bonds. The molecule has 0 bridgehead atoms. The third kappa shape index (κ3) is 3.76. The predicted octanol–water partition coefficient (Wildman–Crippen LogP) is 0.311.